The standard InChI is InChI=1S/C11H13BrO2/c1-7(12)3-10-8(2)14-5-9-4-11(9,10)6-13/h3,9,13H,1-2,4-6H2/b10-3+. The highest BCUT2D eigenvalue weighted by Gasteiger charge is 2.59. The maximum Gasteiger partial charge on any atom is 0.116 e. The van der Waals surface area contributed by atoms with Crippen molar-refractivity contribution in [1.29, 1.82) is 0 Å². The molecule has 1 saturated heterocycles. The van der Waals surface area contributed by atoms with Crippen LogP contribution in [0.25, 0.3) is 0 Å². The Morgan fingerprint density at radius 2 is 2.50 bits per heavy atom. The Morgan fingerprint density at radius 3 is 3.07 bits per heavy atom. The summed E-state index contributed by atoms with van der Waals surface area (Å²) in [4.78, 5) is 0. The van der Waals surface area contributed by atoms with Crippen LogP contribution in [0.3, 0.4) is 0 Å². The van der Waals surface area contributed by atoms with Gasteiger partial charge in [-0.15, -0.1) is 0 Å². The van der Waals surface area contributed by atoms with Crippen molar-refractivity contribution in [2.75, 3.05) is 13.2 Å². The third-order valence-corrected chi connectivity index (χ3v) is 3.34. The molecule has 1 aliphatic carbocycles. The molecule has 1 saturated carbocycles. The van der Waals surface area contributed by atoms with E-state index in [1.165, 1.54) is 0 Å². The number of aliphatic hydroxyl groups is 1. The van der Waals surface area contributed by atoms with E-state index in [1.54, 1.807) is 0 Å². The minimum absolute atomic E-state index is 0.0912. The van der Waals surface area contributed by atoms with E-state index in [2.05, 4.69) is 29.1 Å². The van der Waals surface area contributed by atoms with Crippen molar-refractivity contribution in [2.24, 2.45) is 11.3 Å². The second kappa shape index (κ2) is 3.24. The maximum absolute atomic E-state index is 9.41. The van der Waals surface area contributed by atoms with Crippen molar-refractivity contribution < 1.29 is 9.84 Å². The highest BCUT2D eigenvalue weighted by atomic mass is 79.9. The normalized spacial score (nSPS) is 37.7. The number of aliphatic hydroxyl groups excluding tert-OH is 1. The lowest BCUT2D eigenvalue weighted by Crippen LogP contribution is -2.22. The molecule has 76 valence electrons. The number of rotatable bonds is 2. The van der Waals surface area contributed by atoms with Crippen molar-refractivity contribution in [3.05, 3.63) is 35.0 Å². The van der Waals surface area contributed by atoms with Crippen LogP contribution in [0.5, 0.6) is 0 Å². The fourth-order valence-corrected chi connectivity index (χ4v) is 2.37. The number of hydrogen-bond donors (Lipinski definition) is 1. The summed E-state index contributed by atoms with van der Waals surface area (Å²) in [5.74, 6) is 1.13. The van der Waals surface area contributed by atoms with Crippen LogP contribution < -0.4 is 0 Å². The summed E-state index contributed by atoms with van der Waals surface area (Å²) < 4.78 is 6.23. The maximum atomic E-state index is 9.41. The van der Waals surface area contributed by atoms with Crippen LogP contribution in [0.15, 0.2) is 35.0 Å². The largest absolute Gasteiger partial charge is 0.494 e. The van der Waals surface area contributed by atoms with Crippen LogP contribution in [0.4, 0.5) is 0 Å². The number of fused-ring (bicyclic) bond motifs is 1. The first-order valence-corrected chi connectivity index (χ1v) is 5.39. The Balaban J connectivity index is 2.34. The molecule has 0 bridgehead atoms. The fraction of sp³-hybridized carbons (Fsp3) is 0.455. The summed E-state index contributed by atoms with van der Waals surface area (Å²) in [6.45, 7) is 8.48. The van der Waals surface area contributed by atoms with Gasteiger partial charge in [-0.1, -0.05) is 29.1 Å². The molecule has 1 aliphatic heterocycles. The Kier molecular flexibility index (Phi) is 2.32. The minimum atomic E-state index is -0.0912. The van der Waals surface area contributed by atoms with Gasteiger partial charge in [-0.05, 0) is 12.5 Å². The third-order valence-electron chi connectivity index (χ3n) is 3.11. The Bertz CT molecular complexity index is 332. The predicted octanol–water partition coefficient (Wildman–Crippen LogP) is 2.36. The highest BCUT2D eigenvalue weighted by Crippen LogP contribution is 2.62. The van der Waals surface area contributed by atoms with Crippen molar-refractivity contribution in [3.63, 3.8) is 0 Å². The molecule has 2 atom stereocenters. The van der Waals surface area contributed by atoms with Crippen molar-refractivity contribution in [3.8, 4) is 0 Å². The molecule has 0 aromatic carbocycles. The van der Waals surface area contributed by atoms with E-state index in [0.29, 0.717) is 18.3 Å². The van der Waals surface area contributed by atoms with Crippen LogP contribution in [0, 0.1) is 11.3 Å². The predicted molar refractivity (Wildman–Crippen MR) is 58.9 cm³/mol. The van der Waals surface area contributed by atoms with E-state index < -0.39 is 0 Å². The molecule has 2 nitrogen and oxygen atoms in total. The van der Waals surface area contributed by atoms with Crippen LogP contribution in [-0.2, 0) is 4.74 Å². The second-order valence-electron chi connectivity index (χ2n) is 3.95. The summed E-state index contributed by atoms with van der Waals surface area (Å²) in [6, 6.07) is 0. The summed E-state index contributed by atoms with van der Waals surface area (Å²) in [6.07, 6.45) is 2.90. The van der Waals surface area contributed by atoms with E-state index in [-0.39, 0.29) is 12.0 Å². The molecule has 2 unspecified atom stereocenters. The fourth-order valence-electron chi connectivity index (χ4n) is 2.15. The van der Waals surface area contributed by atoms with Gasteiger partial charge in [0.1, 0.15) is 5.76 Å². The topological polar surface area (TPSA) is 29.5 Å². The Morgan fingerprint density at radius 1 is 1.79 bits per heavy atom. The van der Waals surface area contributed by atoms with Gasteiger partial charge in [0.05, 0.1) is 13.2 Å². The number of allylic oxidation sites excluding steroid dienone is 3. The van der Waals surface area contributed by atoms with Gasteiger partial charge >= 0.3 is 0 Å². The number of halogens is 1. The molecule has 2 rings (SSSR count). The first-order chi connectivity index (χ1) is 6.60. The van der Waals surface area contributed by atoms with E-state index in [9.17, 15) is 5.11 Å². The van der Waals surface area contributed by atoms with E-state index >= 15 is 0 Å². The number of hydrogen-bond acceptors (Lipinski definition) is 2. The van der Waals surface area contributed by atoms with Crippen molar-refractivity contribution in [1.82, 2.24) is 0 Å². The van der Waals surface area contributed by atoms with Gasteiger partial charge in [0.25, 0.3) is 0 Å². The van der Waals surface area contributed by atoms with E-state index in [1.807, 2.05) is 6.08 Å². The summed E-state index contributed by atoms with van der Waals surface area (Å²) >= 11 is 3.29. The molecular weight excluding hydrogens is 244 g/mol. The summed E-state index contributed by atoms with van der Waals surface area (Å²) in [5, 5.41) is 9.41. The SMILES string of the molecule is C=C(Br)/C=C1\C(=C)OCC2CC12CO. The molecular formula is C11H13BrO2. The van der Waals surface area contributed by atoms with Gasteiger partial charge in [0, 0.05) is 21.4 Å². The molecule has 0 amide bonds. The molecule has 1 heterocycles. The molecule has 0 aromatic rings. The average molecular weight is 257 g/mol. The molecule has 14 heavy (non-hydrogen) atoms. The Hall–Kier alpha value is -0.540. The van der Waals surface area contributed by atoms with Gasteiger partial charge in [-0.3, -0.25) is 0 Å². The van der Waals surface area contributed by atoms with Gasteiger partial charge in [-0.25, -0.2) is 0 Å². The first-order valence-electron chi connectivity index (χ1n) is 4.59. The molecule has 1 N–H and O–H groups in total. The zero-order valence-corrected chi connectivity index (χ0v) is 9.51. The van der Waals surface area contributed by atoms with Crippen LogP contribution in [-0.4, -0.2) is 18.3 Å². The molecule has 2 fully saturated rings. The monoisotopic (exact) mass is 256 g/mol. The molecule has 0 aromatic heterocycles. The smallest absolute Gasteiger partial charge is 0.116 e. The van der Waals surface area contributed by atoms with Gasteiger partial charge in [-0.2, -0.15) is 0 Å². The minimum Gasteiger partial charge on any atom is -0.494 e. The third kappa shape index (κ3) is 1.35. The van der Waals surface area contributed by atoms with Gasteiger partial charge in [0.2, 0.25) is 0 Å². The lowest BCUT2D eigenvalue weighted by molar-refractivity contribution is 0.130. The summed E-state index contributed by atoms with van der Waals surface area (Å²) in [7, 11) is 0. The highest BCUT2D eigenvalue weighted by molar-refractivity contribution is 9.11. The second-order valence-corrected chi connectivity index (χ2v) is 4.97. The first kappa shape index (κ1) is 9.99. The summed E-state index contributed by atoms with van der Waals surface area (Å²) in [5.41, 5.74) is 0.907. The van der Waals surface area contributed by atoms with Crippen LogP contribution >= 0.6 is 15.9 Å². The van der Waals surface area contributed by atoms with Crippen molar-refractivity contribution in [2.45, 2.75) is 6.42 Å². The van der Waals surface area contributed by atoms with E-state index in [4.69, 9.17) is 4.74 Å². The molecule has 3 heteroatoms. The quantitative estimate of drug-likeness (QED) is 0.822. The lowest BCUT2D eigenvalue weighted by Gasteiger charge is -2.26. The van der Waals surface area contributed by atoms with Crippen molar-refractivity contribution >= 4 is 15.9 Å². The average Bonchev–Trinajstić information content (AvgIpc) is 2.85. The van der Waals surface area contributed by atoms with Gasteiger partial charge in [0.15, 0.2) is 0 Å². The van der Waals surface area contributed by atoms with Crippen LogP contribution in [0.1, 0.15) is 6.42 Å². The lowest BCUT2D eigenvalue weighted by atomic mass is 9.90. The van der Waals surface area contributed by atoms with Crippen LogP contribution in [0.2, 0.25) is 0 Å². The zero-order valence-electron chi connectivity index (χ0n) is 7.92. The number of ether oxygens (including phenoxy) is 1. The van der Waals surface area contributed by atoms with E-state index in [0.717, 1.165) is 16.5 Å². The molecule has 0 radical (unpaired) electrons. The molecule has 2 aliphatic rings. The zero-order chi connectivity index (χ0) is 10.3. The van der Waals surface area contributed by atoms with Gasteiger partial charge < -0.3 is 9.84 Å². The molecule has 0 spiro atoms. The Labute approximate surface area is 92.1 Å².